The SMILES string of the molecule is CCc1ccccc1OCC(=O)N(C)Cc1nc2ccccc2s1. The van der Waals surface area contributed by atoms with E-state index in [9.17, 15) is 4.79 Å². The molecule has 0 aliphatic rings. The van der Waals surface area contributed by atoms with Crippen LogP contribution in [0.1, 0.15) is 17.5 Å². The number of nitrogens with zero attached hydrogens (tertiary/aromatic N) is 2. The summed E-state index contributed by atoms with van der Waals surface area (Å²) in [5.74, 6) is 0.724. The van der Waals surface area contributed by atoms with Crippen LogP contribution in [0, 0.1) is 0 Å². The molecule has 0 aliphatic heterocycles. The number of aryl methyl sites for hydroxylation is 1. The summed E-state index contributed by atoms with van der Waals surface area (Å²) in [6.07, 6.45) is 0.881. The molecular formula is C19H20N2O2S. The lowest BCUT2D eigenvalue weighted by Crippen LogP contribution is -2.31. The standard InChI is InChI=1S/C19H20N2O2S/c1-3-14-8-4-6-10-16(14)23-13-19(22)21(2)12-18-20-15-9-5-7-11-17(15)24-18/h4-11H,3,12-13H2,1-2H3. The Labute approximate surface area is 145 Å². The first-order chi connectivity index (χ1) is 11.7. The van der Waals surface area contributed by atoms with Gasteiger partial charge in [-0.2, -0.15) is 0 Å². The van der Waals surface area contributed by atoms with Crippen molar-refractivity contribution in [3.8, 4) is 5.75 Å². The smallest absolute Gasteiger partial charge is 0.260 e. The maximum Gasteiger partial charge on any atom is 0.260 e. The van der Waals surface area contributed by atoms with Gasteiger partial charge in [0.2, 0.25) is 0 Å². The molecule has 1 amide bonds. The predicted octanol–water partition coefficient (Wildman–Crippen LogP) is 3.90. The number of rotatable bonds is 6. The Balaban J connectivity index is 1.60. The van der Waals surface area contributed by atoms with Crippen molar-refractivity contribution in [2.24, 2.45) is 0 Å². The number of likely N-dealkylation sites (N-methyl/N-ethyl adjacent to an activating group) is 1. The number of ether oxygens (including phenoxy) is 1. The van der Waals surface area contributed by atoms with Crippen molar-refractivity contribution >= 4 is 27.5 Å². The van der Waals surface area contributed by atoms with Crippen LogP contribution < -0.4 is 4.74 Å². The van der Waals surface area contributed by atoms with Gasteiger partial charge in [-0.3, -0.25) is 4.79 Å². The molecule has 0 spiro atoms. The molecule has 4 nitrogen and oxygen atoms in total. The molecule has 124 valence electrons. The van der Waals surface area contributed by atoms with E-state index >= 15 is 0 Å². The van der Waals surface area contributed by atoms with Gasteiger partial charge in [-0.05, 0) is 30.2 Å². The highest BCUT2D eigenvalue weighted by Crippen LogP contribution is 2.22. The van der Waals surface area contributed by atoms with Gasteiger partial charge in [-0.1, -0.05) is 37.3 Å². The molecule has 1 aromatic heterocycles. The molecule has 0 N–H and O–H groups in total. The number of thiazole rings is 1. The van der Waals surface area contributed by atoms with Crippen LogP contribution in [-0.4, -0.2) is 29.4 Å². The largest absolute Gasteiger partial charge is 0.483 e. The maximum absolute atomic E-state index is 12.3. The lowest BCUT2D eigenvalue weighted by molar-refractivity contribution is -0.132. The molecule has 0 bridgehead atoms. The van der Waals surface area contributed by atoms with E-state index in [1.54, 1.807) is 23.3 Å². The van der Waals surface area contributed by atoms with Crippen LogP contribution in [0.15, 0.2) is 48.5 Å². The van der Waals surface area contributed by atoms with E-state index in [0.717, 1.165) is 33.0 Å². The van der Waals surface area contributed by atoms with Gasteiger partial charge in [-0.15, -0.1) is 11.3 Å². The molecule has 0 saturated heterocycles. The van der Waals surface area contributed by atoms with Crippen molar-refractivity contribution in [1.82, 2.24) is 9.88 Å². The number of carbonyl (C=O) groups excluding carboxylic acids is 1. The summed E-state index contributed by atoms with van der Waals surface area (Å²) >= 11 is 1.62. The van der Waals surface area contributed by atoms with E-state index in [1.807, 2.05) is 48.5 Å². The molecule has 1 heterocycles. The Morgan fingerprint density at radius 2 is 1.92 bits per heavy atom. The first-order valence-corrected chi connectivity index (χ1v) is 8.78. The van der Waals surface area contributed by atoms with E-state index in [0.29, 0.717) is 6.54 Å². The fourth-order valence-corrected chi connectivity index (χ4v) is 3.49. The van der Waals surface area contributed by atoms with Crippen molar-refractivity contribution in [3.63, 3.8) is 0 Å². The molecule has 0 saturated carbocycles. The molecule has 24 heavy (non-hydrogen) atoms. The number of benzene rings is 2. The van der Waals surface area contributed by atoms with E-state index in [2.05, 4.69) is 11.9 Å². The van der Waals surface area contributed by atoms with Crippen molar-refractivity contribution in [3.05, 3.63) is 59.1 Å². The summed E-state index contributed by atoms with van der Waals surface area (Å²) in [5, 5.41) is 0.931. The topological polar surface area (TPSA) is 42.4 Å². The van der Waals surface area contributed by atoms with Crippen LogP contribution >= 0.6 is 11.3 Å². The number of hydrogen-bond donors (Lipinski definition) is 0. The van der Waals surface area contributed by atoms with Gasteiger partial charge >= 0.3 is 0 Å². The molecule has 3 rings (SSSR count). The molecular weight excluding hydrogens is 320 g/mol. The second-order valence-corrected chi connectivity index (χ2v) is 6.69. The van der Waals surface area contributed by atoms with Gasteiger partial charge < -0.3 is 9.64 Å². The number of aromatic nitrogens is 1. The van der Waals surface area contributed by atoms with Crippen molar-refractivity contribution in [2.75, 3.05) is 13.7 Å². The Hall–Kier alpha value is -2.40. The van der Waals surface area contributed by atoms with Gasteiger partial charge in [0.05, 0.1) is 16.8 Å². The Bertz CT molecular complexity index is 811. The summed E-state index contributed by atoms with van der Waals surface area (Å²) in [7, 11) is 1.78. The predicted molar refractivity (Wildman–Crippen MR) is 97.4 cm³/mol. The molecule has 0 atom stereocenters. The normalized spacial score (nSPS) is 10.8. The summed E-state index contributed by atoms with van der Waals surface area (Å²) < 4.78 is 6.84. The van der Waals surface area contributed by atoms with Crippen molar-refractivity contribution in [2.45, 2.75) is 19.9 Å². The van der Waals surface area contributed by atoms with Crippen LogP contribution in [0.3, 0.4) is 0 Å². The third-order valence-electron chi connectivity index (χ3n) is 3.84. The van der Waals surface area contributed by atoms with Gasteiger partial charge in [0, 0.05) is 7.05 Å². The monoisotopic (exact) mass is 340 g/mol. The first kappa shape index (κ1) is 16.5. The zero-order valence-corrected chi connectivity index (χ0v) is 14.7. The Morgan fingerprint density at radius 1 is 1.17 bits per heavy atom. The average molecular weight is 340 g/mol. The Kier molecular flexibility index (Phi) is 5.11. The van der Waals surface area contributed by atoms with Gasteiger partial charge in [0.25, 0.3) is 5.91 Å². The van der Waals surface area contributed by atoms with Crippen molar-refractivity contribution in [1.29, 1.82) is 0 Å². The van der Waals surface area contributed by atoms with E-state index in [1.165, 1.54) is 0 Å². The minimum absolute atomic E-state index is 0.0401. The third-order valence-corrected chi connectivity index (χ3v) is 4.86. The molecule has 0 fully saturated rings. The summed E-state index contributed by atoms with van der Waals surface area (Å²) in [4.78, 5) is 18.5. The zero-order chi connectivity index (χ0) is 16.9. The minimum atomic E-state index is -0.0554. The van der Waals surface area contributed by atoms with E-state index < -0.39 is 0 Å². The lowest BCUT2D eigenvalue weighted by Gasteiger charge is -2.17. The fourth-order valence-electron chi connectivity index (χ4n) is 2.47. The summed E-state index contributed by atoms with van der Waals surface area (Å²) in [6.45, 7) is 2.61. The Morgan fingerprint density at radius 3 is 2.71 bits per heavy atom. The van der Waals surface area contributed by atoms with E-state index in [4.69, 9.17) is 4.74 Å². The number of carbonyl (C=O) groups is 1. The first-order valence-electron chi connectivity index (χ1n) is 7.96. The molecule has 3 aromatic rings. The molecule has 0 radical (unpaired) electrons. The number of para-hydroxylation sites is 2. The summed E-state index contributed by atoms with van der Waals surface area (Å²) in [5.41, 5.74) is 2.09. The summed E-state index contributed by atoms with van der Waals surface area (Å²) in [6, 6.07) is 15.8. The molecule has 5 heteroatoms. The number of hydrogen-bond acceptors (Lipinski definition) is 4. The highest BCUT2D eigenvalue weighted by molar-refractivity contribution is 7.18. The van der Waals surface area contributed by atoms with Crippen LogP contribution in [0.4, 0.5) is 0 Å². The van der Waals surface area contributed by atoms with E-state index in [-0.39, 0.29) is 12.5 Å². The van der Waals surface area contributed by atoms with Gasteiger partial charge in [0.15, 0.2) is 6.61 Å². The second-order valence-electron chi connectivity index (χ2n) is 5.58. The average Bonchev–Trinajstić information content (AvgIpc) is 3.02. The van der Waals surface area contributed by atoms with Crippen LogP contribution in [-0.2, 0) is 17.8 Å². The van der Waals surface area contributed by atoms with Gasteiger partial charge in [0.1, 0.15) is 10.8 Å². The molecule has 0 unspecified atom stereocenters. The minimum Gasteiger partial charge on any atom is -0.483 e. The third kappa shape index (κ3) is 3.74. The number of fused-ring (bicyclic) bond motifs is 1. The number of amides is 1. The van der Waals surface area contributed by atoms with Gasteiger partial charge in [-0.25, -0.2) is 4.98 Å². The van der Waals surface area contributed by atoms with Crippen LogP contribution in [0.5, 0.6) is 5.75 Å². The zero-order valence-electron chi connectivity index (χ0n) is 13.9. The lowest BCUT2D eigenvalue weighted by atomic mass is 10.1. The van der Waals surface area contributed by atoms with Crippen LogP contribution in [0.25, 0.3) is 10.2 Å². The van der Waals surface area contributed by atoms with Crippen molar-refractivity contribution < 1.29 is 9.53 Å². The fraction of sp³-hybridized carbons (Fsp3) is 0.263. The quantitative estimate of drug-likeness (QED) is 0.683. The maximum atomic E-state index is 12.3. The highest BCUT2D eigenvalue weighted by Gasteiger charge is 2.13. The molecule has 2 aromatic carbocycles. The molecule has 0 aliphatic carbocycles. The highest BCUT2D eigenvalue weighted by atomic mass is 32.1. The second kappa shape index (κ2) is 7.45. The van der Waals surface area contributed by atoms with Crippen LogP contribution in [0.2, 0.25) is 0 Å².